The normalized spacial score (nSPS) is 30.7. The molecule has 1 saturated heterocycles. The molecule has 0 radical (unpaired) electrons. The van der Waals surface area contributed by atoms with E-state index in [1.54, 1.807) is 0 Å². The summed E-state index contributed by atoms with van der Waals surface area (Å²) >= 11 is 0. The lowest BCUT2D eigenvalue weighted by molar-refractivity contribution is 0.123. The molecule has 1 rings (SSSR count). The van der Waals surface area contributed by atoms with Crippen molar-refractivity contribution in [1.82, 2.24) is 0 Å². The number of nitriles is 1. The van der Waals surface area contributed by atoms with Gasteiger partial charge in [-0.15, -0.1) is 0 Å². The van der Waals surface area contributed by atoms with Crippen LogP contribution in [0.2, 0.25) is 0 Å². The lowest BCUT2D eigenvalue weighted by atomic mass is 9.74. The van der Waals surface area contributed by atoms with Crippen LogP contribution in [0.3, 0.4) is 0 Å². The molecule has 1 fully saturated rings. The highest BCUT2D eigenvalue weighted by Gasteiger charge is 2.37. The first-order valence-corrected chi connectivity index (χ1v) is 4.16. The first-order chi connectivity index (χ1) is 5.21. The highest BCUT2D eigenvalue weighted by atomic mass is 16.5. The van der Waals surface area contributed by atoms with Gasteiger partial charge in [0.2, 0.25) is 0 Å². The van der Waals surface area contributed by atoms with Crippen LogP contribution in [0.1, 0.15) is 26.7 Å². The molecule has 0 N–H and O–H groups in total. The Labute approximate surface area is 68.2 Å². The van der Waals surface area contributed by atoms with Gasteiger partial charge in [0.25, 0.3) is 0 Å². The molecule has 0 aliphatic carbocycles. The largest absolute Gasteiger partial charge is 0.381 e. The lowest BCUT2D eigenvalue weighted by Gasteiger charge is -2.28. The summed E-state index contributed by atoms with van der Waals surface area (Å²) in [4.78, 5) is 0. The molecule has 0 bridgehead atoms. The third kappa shape index (κ3) is 1.54. The molecule has 1 aliphatic heterocycles. The maximum Gasteiger partial charge on any atom is 0.0628 e. The molecule has 0 aromatic carbocycles. The minimum absolute atomic E-state index is 0.161. The zero-order chi connectivity index (χ0) is 8.32. The molecule has 2 nitrogen and oxygen atoms in total. The van der Waals surface area contributed by atoms with E-state index in [2.05, 4.69) is 19.9 Å². The van der Waals surface area contributed by atoms with Gasteiger partial charge in [-0.25, -0.2) is 0 Å². The van der Waals surface area contributed by atoms with Crippen LogP contribution in [-0.4, -0.2) is 13.2 Å². The molecule has 1 unspecified atom stereocenters. The molecule has 2 heteroatoms. The molecule has 0 saturated carbocycles. The van der Waals surface area contributed by atoms with Crippen LogP contribution in [0.4, 0.5) is 0 Å². The Bertz CT molecular complexity index is 163. The van der Waals surface area contributed by atoms with E-state index in [9.17, 15) is 0 Å². The first-order valence-electron chi connectivity index (χ1n) is 4.16. The van der Waals surface area contributed by atoms with E-state index in [1.165, 1.54) is 0 Å². The first kappa shape index (κ1) is 8.55. The van der Waals surface area contributed by atoms with Crippen molar-refractivity contribution < 1.29 is 4.74 Å². The fraction of sp³-hybridized carbons (Fsp3) is 0.889. The molecule has 11 heavy (non-hydrogen) atoms. The second-order valence-electron chi connectivity index (χ2n) is 3.65. The predicted molar refractivity (Wildman–Crippen MR) is 42.9 cm³/mol. The quantitative estimate of drug-likeness (QED) is 0.607. The molecule has 1 aliphatic rings. The third-order valence-electron chi connectivity index (χ3n) is 2.79. The Hall–Kier alpha value is -0.550. The van der Waals surface area contributed by atoms with Gasteiger partial charge in [-0.1, -0.05) is 13.8 Å². The number of ether oxygens (including phenoxy) is 1. The van der Waals surface area contributed by atoms with Crippen molar-refractivity contribution in [2.75, 3.05) is 13.2 Å². The van der Waals surface area contributed by atoms with Gasteiger partial charge >= 0.3 is 0 Å². The van der Waals surface area contributed by atoms with Crippen molar-refractivity contribution in [1.29, 1.82) is 5.26 Å². The van der Waals surface area contributed by atoms with Gasteiger partial charge in [0.05, 0.1) is 12.7 Å². The van der Waals surface area contributed by atoms with E-state index in [4.69, 9.17) is 10.00 Å². The highest BCUT2D eigenvalue weighted by Crippen LogP contribution is 2.39. The second kappa shape index (κ2) is 3.23. The average Bonchev–Trinajstić information content (AvgIpc) is 2.38. The summed E-state index contributed by atoms with van der Waals surface area (Å²) in [7, 11) is 0. The Morgan fingerprint density at radius 1 is 1.64 bits per heavy atom. The monoisotopic (exact) mass is 153 g/mol. The van der Waals surface area contributed by atoms with Crippen molar-refractivity contribution in [2.45, 2.75) is 26.7 Å². The van der Waals surface area contributed by atoms with Gasteiger partial charge in [-0.05, 0) is 12.3 Å². The SMILES string of the molecule is CC(C)C1(CC#N)CCOC1. The molecule has 0 amide bonds. The second-order valence-corrected chi connectivity index (χ2v) is 3.65. The van der Waals surface area contributed by atoms with Gasteiger partial charge in [0, 0.05) is 18.4 Å². The average molecular weight is 153 g/mol. The van der Waals surface area contributed by atoms with Gasteiger partial charge in [-0.2, -0.15) is 5.26 Å². The molecule has 0 spiro atoms. The summed E-state index contributed by atoms with van der Waals surface area (Å²) in [5.74, 6) is 0.560. The van der Waals surface area contributed by atoms with Crippen molar-refractivity contribution >= 4 is 0 Å². The van der Waals surface area contributed by atoms with Crippen LogP contribution in [0.25, 0.3) is 0 Å². The predicted octanol–water partition coefficient (Wildman–Crippen LogP) is 1.96. The summed E-state index contributed by atoms with van der Waals surface area (Å²) < 4.78 is 5.32. The Balaban J connectivity index is 2.64. The maximum absolute atomic E-state index is 8.64. The molecule has 1 heterocycles. The zero-order valence-corrected chi connectivity index (χ0v) is 7.26. The summed E-state index contributed by atoms with van der Waals surface area (Å²) in [6, 6.07) is 2.25. The lowest BCUT2D eigenvalue weighted by Crippen LogP contribution is -2.26. The topological polar surface area (TPSA) is 33.0 Å². The van der Waals surface area contributed by atoms with Crippen molar-refractivity contribution in [3.8, 4) is 6.07 Å². The third-order valence-corrected chi connectivity index (χ3v) is 2.79. The fourth-order valence-electron chi connectivity index (χ4n) is 1.58. The highest BCUT2D eigenvalue weighted by molar-refractivity contribution is 4.93. The van der Waals surface area contributed by atoms with Gasteiger partial charge in [0.15, 0.2) is 0 Å². The van der Waals surface area contributed by atoms with Crippen LogP contribution in [0.5, 0.6) is 0 Å². The van der Waals surface area contributed by atoms with Crippen LogP contribution in [0.15, 0.2) is 0 Å². The molecule has 0 aromatic rings. The van der Waals surface area contributed by atoms with E-state index in [1.807, 2.05) is 0 Å². The van der Waals surface area contributed by atoms with Crippen molar-refractivity contribution in [3.05, 3.63) is 0 Å². The van der Waals surface area contributed by atoms with Crippen molar-refractivity contribution in [2.24, 2.45) is 11.3 Å². The van der Waals surface area contributed by atoms with E-state index in [-0.39, 0.29) is 5.41 Å². The molecule has 62 valence electrons. The summed E-state index contributed by atoms with van der Waals surface area (Å²) in [5.41, 5.74) is 0.161. The van der Waals surface area contributed by atoms with Gasteiger partial charge < -0.3 is 4.74 Å². The smallest absolute Gasteiger partial charge is 0.0628 e. The van der Waals surface area contributed by atoms with Crippen LogP contribution < -0.4 is 0 Å². The fourth-order valence-corrected chi connectivity index (χ4v) is 1.58. The van der Waals surface area contributed by atoms with E-state index in [0.29, 0.717) is 12.3 Å². The van der Waals surface area contributed by atoms with Crippen LogP contribution in [0, 0.1) is 22.7 Å². The van der Waals surface area contributed by atoms with Gasteiger partial charge in [-0.3, -0.25) is 0 Å². The minimum atomic E-state index is 0.161. The number of hydrogen-bond acceptors (Lipinski definition) is 2. The van der Waals surface area contributed by atoms with E-state index >= 15 is 0 Å². The Morgan fingerprint density at radius 3 is 2.73 bits per heavy atom. The number of rotatable bonds is 2. The summed E-state index contributed by atoms with van der Waals surface area (Å²) in [6.07, 6.45) is 1.70. The molecule has 1 atom stereocenters. The van der Waals surface area contributed by atoms with Gasteiger partial charge in [0.1, 0.15) is 0 Å². The van der Waals surface area contributed by atoms with Crippen LogP contribution in [-0.2, 0) is 4.74 Å². The number of nitrogens with zero attached hydrogens (tertiary/aromatic N) is 1. The maximum atomic E-state index is 8.64. The summed E-state index contributed by atoms with van der Waals surface area (Å²) in [6.45, 7) is 5.95. The summed E-state index contributed by atoms with van der Waals surface area (Å²) in [5, 5.41) is 8.64. The molecular weight excluding hydrogens is 138 g/mol. The zero-order valence-electron chi connectivity index (χ0n) is 7.26. The van der Waals surface area contributed by atoms with Crippen molar-refractivity contribution in [3.63, 3.8) is 0 Å². The standard InChI is InChI=1S/C9H15NO/c1-8(2)9(3-5-10)4-6-11-7-9/h8H,3-4,6-7H2,1-2H3. The van der Waals surface area contributed by atoms with Crippen LogP contribution >= 0.6 is 0 Å². The molecular formula is C9H15NO. The van der Waals surface area contributed by atoms with E-state index < -0.39 is 0 Å². The Morgan fingerprint density at radius 2 is 2.36 bits per heavy atom. The minimum Gasteiger partial charge on any atom is -0.381 e. The molecule has 0 aromatic heterocycles. The Kier molecular flexibility index (Phi) is 2.51. The number of hydrogen-bond donors (Lipinski definition) is 0. The van der Waals surface area contributed by atoms with E-state index in [0.717, 1.165) is 19.6 Å².